The fourth-order valence-corrected chi connectivity index (χ4v) is 5.67. The molecule has 2 aliphatic heterocycles. The molecule has 1 N–H and O–H groups in total. The van der Waals surface area contributed by atoms with Gasteiger partial charge in [-0.1, -0.05) is 6.92 Å². The summed E-state index contributed by atoms with van der Waals surface area (Å²) in [4.78, 5) is 0. The van der Waals surface area contributed by atoms with E-state index in [2.05, 4.69) is 11.6 Å². The van der Waals surface area contributed by atoms with Crippen LogP contribution in [0.3, 0.4) is 0 Å². The number of piperidine rings is 2. The Labute approximate surface area is 127 Å². The van der Waals surface area contributed by atoms with Gasteiger partial charge in [0.25, 0.3) is 10.2 Å². The lowest BCUT2D eigenvalue weighted by Gasteiger charge is -2.37. The Morgan fingerprint density at radius 3 is 2.10 bits per heavy atom. The molecule has 0 amide bonds. The Kier molecular flexibility index (Phi) is 5.30. The van der Waals surface area contributed by atoms with Crippen molar-refractivity contribution in [3.63, 3.8) is 0 Å². The predicted molar refractivity (Wildman–Crippen MR) is 81.5 cm³/mol. The molecule has 0 aromatic carbocycles. The van der Waals surface area contributed by atoms with Crippen molar-refractivity contribution in [2.45, 2.75) is 38.6 Å². The molecule has 1 unspecified atom stereocenters. The van der Waals surface area contributed by atoms with Crippen LogP contribution in [-0.2, 0) is 20.2 Å². The van der Waals surface area contributed by atoms with E-state index in [4.69, 9.17) is 0 Å². The topological polar surface area (TPSA) is 86.8 Å². The summed E-state index contributed by atoms with van der Waals surface area (Å²) in [6, 6.07) is -0.160. The number of nitrogens with zero attached hydrogens (tertiary/aromatic N) is 2. The fourth-order valence-electron chi connectivity index (χ4n) is 3.03. The molecule has 0 saturated carbocycles. The number of hydrogen-bond donors (Lipinski definition) is 1. The minimum Gasteiger partial charge on any atom is -0.213 e. The second kappa shape index (κ2) is 6.49. The first-order chi connectivity index (χ1) is 9.68. The summed E-state index contributed by atoms with van der Waals surface area (Å²) in [7, 11) is -6.63. The second-order valence-corrected chi connectivity index (χ2v) is 9.89. The van der Waals surface area contributed by atoms with Crippen LogP contribution in [0.15, 0.2) is 0 Å². The molecule has 2 saturated heterocycles. The van der Waals surface area contributed by atoms with Crippen LogP contribution >= 0.6 is 0 Å². The van der Waals surface area contributed by atoms with Crippen molar-refractivity contribution in [2.75, 3.05) is 32.4 Å². The van der Waals surface area contributed by atoms with E-state index < -0.39 is 20.2 Å². The Morgan fingerprint density at radius 2 is 1.57 bits per heavy atom. The number of rotatable bonds is 4. The van der Waals surface area contributed by atoms with Crippen molar-refractivity contribution >= 4 is 20.2 Å². The average molecular weight is 339 g/mol. The summed E-state index contributed by atoms with van der Waals surface area (Å²) in [6.07, 6.45) is 4.16. The minimum absolute atomic E-state index is 0.160. The van der Waals surface area contributed by atoms with E-state index in [1.165, 1.54) is 4.31 Å². The van der Waals surface area contributed by atoms with Crippen molar-refractivity contribution in [3.05, 3.63) is 0 Å². The maximum atomic E-state index is 12.6. The fraction of sp³-hybridized carbons (Fsp3) is 1.00. The van der Waals surface area contributed by atoms with Gasteiger partial charge in [0.05, 0.1) is 6.26 Å². The van der Waals surface area contributed by atoms with Crippen LogP contribution in [0.25, 0.3) is 0 Å². The molecule has 0 aromatic rings. The molecule has 0 bridgehead atoms. The van der Waals surface area contributed by atoms with E-state index in [1.54, 1.807) is 4.31 Å². The Balaban J connectivity index is 1.94. The molecule has 7 nitrogen and oxygen atoms in total. The normalized spacial score (nSPS) is 27.8. The van der Waals surface area contributed by atoms with Gasteiger partial charge in [0.1, 0.15) is 0 Å². The summed E-state index contributed by atoms with van der Waals surface area (Å²) in [5, 5.41) is 0. The quantitative estimate of drug-likeness (QED) is 0.780. The first-order valence-electron chi connectivity index (χ1n) is 7.41. The van der Waals surface area contributed by atoms with E-state index in [0.29, 0.717) is 44.9 Å². The summed E-state index contributed by atoms with van der Waals surface area (Å²) in [5.41, 5.74) is 0. The highest BCUT2D eigenvalue weighted by molar-refractivity contribution is 7.88. The van der Waals surface area contributed by atoms with Crippen LogP contribution in [-0.4, -0.2) is 63.9 Å². The van der Waals surface area contributed by atoms with E-state index >= 15 is 0 Å². The third-order valence-electron chi connectivity index (χ3n) is 4.11. The van der Waals surface area contributed by atoms with Crippen molar-refractivity contribution in [1.82, 2.24) is 13.3 Å². The molecule has 2 aliphatic rings. The standard InChI is InChI=1S/C12H25N3O4S2/c1-11-4-3-7-15(10-11)21(18,19)14-8-5-12(6-9-14)13-20(2,16)17/h11-13H,3-10H2,1-2H3. The van der Waals surface area contributed by atoms with Crippen LogP contribution in [0.4, 0.5) is 0 Å². The Hall–Kier alpha value is -0.220. The van der Waals surface area contributed by atoms with Crippen LogP contribution in [0, 0.1) is 5.92 Å². The first kappa shape index (κ1) is 17.1. The zero-order valence-electron chi connectivity index (χ0n) is 12.7. The largest absolute Gasteiger partial charge is 0.281 e. The van der Waals surface area contributed by atoms with E-state index in [1.807, 2.05) is 0 Å². The molecule has 0 aliphatic carbocycles. The molecule has 2 heterocycles. The molecule has 0 radical (unpaired) electrons. The van der Waals surface area contributed by atoms with Gasteiger partial charge in [-0.05, 0) is 31.6 Å². The summed E-state index contributed by atoms with van der Waals surface area (Å²) in [5.74, 6) is 0.401. The van der Waals surface area contributed by atoms with E-state index in [9.17, 15) is 16.8 Å². The highest BCUT2D eigenvalue weighted by Crippen LogP contribution is 2.23. The van der Waals surface area contributed by atoms with Crippen molar-refractivity contribution in [2.24, 2.45) is 5.92 Å². The molecule has 0 aromatic heterocycles. The van der Waals surface area contributed by atoms with Gasteiger partial charge in [0.2, 0.25) is 10.0 Å². The van der Waals surface area contributed by atoms with Crippen molar-refractivity contribution in [1.29, 1.82) is 0 Å². The van der Waals surface area contributed by atoms with Gasteiger partial charge >= 0.3 is 0 Å². The van der Waals surface area contributed by atoms with Gasteiger partial charge in [-0.3, -0.25) is 0 Å². The van der Waals surface area contributed by atoms with Crippen molar-refractivity contribution < 1.29 is 16.8 Å². The summed E-state index contributed by atoms with van der Waals surface area (Å²) >= 11 is 0. The summed E-state index contributed by atoms with van der Waals surface area (Å²) in [6.45, 7) is 4.00. The molecule has 2 fully saturated rings. The Bertz CT molecular complexity index is 553. The van der Waals surface area contributed by atoms with Crippen LogP contribution in [0.2, 0.25) is 0 Å². The monoisotopic (exact) mass is 339 g/mol. The third-order valence-corrected chi connectivity index (χ3v) is 6.87. The second-order valence-electron chi connectivity index (χ2n) is 6.18. The van der Waals surface area contributed by atoms with E-state index in [0.717, 1.165) is 19.1 Å². The lowest BCUT2D eigenvalue weighted by atomic mass is 10.0. The molecular weight excluding hydrogens is 314 g/mol. The Morgan fingerprint density at radius 1 is 0.952 bits per heavy atom. The van der Waals surface area contributed by atoms with Crippen LogP contribution in [0.1, 0.15) is 32.6 Å². The zero-order chi connectivity index (χ0) is 15.7. The van der Waals surface area contributed by atoms with Gasteiger partial charge in [-0.25, -0.2) is 13.1 Å². The van der Waals surface area contributed by atoms with Gasteiger partial charge in [0.15, 0.2) is 0 Å². The zero-order valence-corrected chi connectivity index (χ0v) is 14.3. The average Bonchev–Trinajstić information content (AvgIpc) is 2.37. The van der Waals surface area contributed by atoms with Gasteiger partial charge in [0, 0.05) is 32.2 Å². The lowest BCUT2D eigenvalue weighted by Crippen LogP contribution is -2.52. The molecule has 9 heteroatoms. The summed E-state index contributed by atoms with van der Waals surface area (Å²) < 4.78 is 53.2. The number of sulfonamides is 1. The van der Waals surface area contributed by atoms with Gasteiger partial charge in [-0.2, -0.15) is 17.0 Å². The highest BCUT2D eigenvalue weighted by Gasteiger charge is 2.35. The smallest absolute Gasteiger partial charge is 0.213 e. The predicted octanol–water partition coefficient (Wildman–Crippen LogP) is -0.0233. The maximum absolute atomic E-state index is 12.6. The van der Waals surface area contributed by atoms with E-state index in [-0.39, 0.29) is 6.04 Å². The molecule has 2 rings (SSSR count). The molecule has 0 spiro atoms. The molecular formula is C12H25N3O4S2. The number of hydrogen-bond acceptors (Lipinski definition) is 4. The third kappa shape index (κ3) is 4.62. The highest BCUT2D eigenvalue weighted by atomic mass is 32.2. The SMILES string of the molecule is CC1CCCN(S(=O)(=O)N2CCC(NS(C)(=O)=O)CC2)C1. The lowest BCUT2D eigenvalue weighted by molar-refractivity contribution is 0.240. The maximum Gasteiger partial charge on any atom is 0.281 e. The molecule has 1 atom stereocenters. The van der Waals surface area contributed by atoms with Gasteiger partial charge in [-0.15, -0.1) is 0 Å². The van der Waals surface area contributed by atoms with Crippen molar-refractivity contribution in [3.8, 4) is 0 Å². The van der Waals surface area contributed by atoms with Gasteiger partial charge < -0.3 is 0 Å². The van der Waals surface area contributed by atoms with Crippen LogP contribution in [0.5, 0.6) is 0 Å². The van der Waals surface area contributed by atoms with Crippen LogP contribution < -0.4 is 4.72 Å². The minimum atomic E-state index is -3.40. The molecule has 21 heavy (non-hydrogen) atoms. The molecule has 124 valence electrons. The first-order valence-corrected chi connectivity index (χ1v) is 10.7. The number of nitrogens with one attached hydrogen (secondary N) is 1.